The maximum absolute atomic E-state index is 13.3. The summed E-state index contributed by atoms with van der Waals surface area (Å²) in [5.74, 6) is 0.910. The fourth-order valence-corrected chi connectivity index (χ4v) is 13.2. The summed E-state index contributed by atoms with van der Waals surface area (Å²) < 4.78 is 5.89. The first kappa shape index (κ1) is 74.2. The van der Waals surface area contributed by atoms with Crippen LogP contribution < -0.4 is 41.5 Å². The average molecular weight is 1520 g/mol. The molecule has 114 heavy (non-hydrogen) atoms. The zero-order valence-corrected chi connectivity index (χ0v) is 61.7. The zero-order valence-electron chi connectivity index (χ0n) is 61.0. The largest absolute Gasteiger partial charge is 0.489 e. The van der Waals surface area contributed by atoms with Gasteiger partial charge in [0.1, 0.15) is 65.7 Å². The minimum Gasteiger partial charge on any atom is -0.489 e. The van der Waals surface area contributed by atoms with Crippen LogP contribution in [0.4, 0.5) is 57.3 Å². The minimum absolute atomic E-state index is 0.125. The highest BCUT2D eigenvalue weighted by molar-refractivity contribution is 6.30. The van der Waals surface area contributed by atoms with Crippen LogP contribution in [-0.4, -0.2) is 93.0 Å². The molecule has 1 saturated heterocycles. The van der Waals surface area contributed by atoms with Crippen LogP contribution in [-0.2, 0) is 6.61 Å². The number of amides is 3. The number of ether oxygens (including phenoxy) is 1. The third kappa shape index (κ3) is 17.7. The van der Waals surface area contributed by atoms with E-state index in [0.29, 0.717) is 146 Å². The molecule has 0 radical (unpaired) electrons. The Morgan fingerprint density at radius 2 is 0.737 bits per heavy atom. The van der Waals surface area contributed by atoms with E-state index >= 15 is 0 Å². The quantitative estimate of drug-likeness (QED) is 0.0285. The molecule has 0 unspecified atom stereocenters. The highest BCUT2D eigenvalue weighted by Gasteiger charge is 2.24. The molecule has 23 nitrogen and oxygen atoms in total. The molecule has 0 atom stereocenters. The van der Waals surface area contributed by atoms with Crippen molar-refractivity contribution in [2.45, 2.75) is 25.9 Å². The second-order valence-corrected chi connectivity index (χ2v) is 26.8. The molecule has 560 valence electrons. The smallest absolute Gasteiger partial charge is 0.255 e. The number of nitrogens with one attached hydrogen (secondary N) is 9. The van der Waals surface area contributed by atoms with E-state index in [1.54, 1.807) is 134 Å². The molecule has 24 heteroatoms. The van der Waals surface area contributed by atoms with Crippen molar-refractivity contribution in [2.24, 2.45) is 0 Å². The van der Waals surface area contributed by atoms with Gasteiger partial charge in [0, 0.05) is 105 Å². The number of rotatable bonds is 22. The summed E-state index contributed by atoms with van der Waals surface area (Å²) in [5, 5.41) is 21.0. The number of halogens is 1. The molecule has 1 aliphatic heterocycles. The lowest BCUT2D eigenvalue weighted by atomic mass is 10.0. The van der Waals surface area contributed by atoms with Crippen LogP contribution in [0.1, 0.15) is 104 Å². The topological polar surface area (TPSA) is 312 Å². The normalized spacial score (nSPS) is 11.6. The van der Waals surface area contributed by atoms with Crippen LogP contribution in [0.15, 0.2) is 304 Å². The molecule has 1 aliphatic rings. The molecule has 6 aromatic heterocycles. The molecule has 7 heterocycles. The monoisotopic (exact) mass is 1520 g/mol. The number of carbonyl (C=O) groups is 6. The van der Waals surface area contributed by atoms with Crippen LogP contribution >= 0.6 is 11.6 Å². The first-order valence-corrected chi connectivity index (χ1v) is 36.9. The van der Waals surface area contributed by atoms with Crippen molar-refractivity contribution in [3.05, 3.63) is 365 Å². The number of carbonyl (C=O) groups excluding carboxylic acids is 6. The Bertz CT molecular complexity index is 6160. The number of nitrogens with zero attached hydrogens (tertiary/aromatic N) is 7. The number of anilines is 10. The first-order valence-electron chi connectivity index (χ1n) is 36.6. The molecule has 1 fully saturated rings. The molecule has 0 saturated carbocycles. The summed E-state index contributed by atoms with van der Waals surface area (Å²) in [6.07, 6.45) is 12.8. The van der Waals surface area contributed by atoms with Crippen molar-refractivity contribution >= 4 is 137 Å². The lowest BCUT2D eigenvalue weighted by molar-refractivity contribution is 0.101. The molecule has 9 N–H and O–H groups in total. The molecular formula is C90H71ClN16O7. The third-order valence-corrected chi connectivity index (χ3v) is 19.0. The Hall–Kier alpha value is -15.2. The van der Waals surface area contributed by atoms with Crippen molar-refractivity contribution in [1.82, 2.24) is 44.9 Å². The molecule has 0 spiro atoms. The number of benzene rings is 10. The highest BCUT2D eigenvalue weighted by atomic mass is 35.5. The van der Waals surface area contributed by atoms with Gasteiger partial charge >= 0.3 is 0 Å². The number of fused-ring (bicyclic) bond motifs is 3. The summed E-state index contributed by atoms with van der Waals surface area (Å²) in [5.41, 5.74) is 12.3. The molecular weight excluding hydrogens is 1450 g/mol. The van der Waals surface area contributed by atoms with Crippen molar-refractivity contribution in [1.29, 1.82) is 0 Å². The van der Waals surface area contributed by atoms with Gasteiger partial charge in [0.2, 0.25) is 0 Å². The van der Waals surface area contributed by atoms with E-state index in [-0.39, 0.29) is 35.1 Å². The fourth-order valence-electron chi connectivity index (χ4n) is 13.1. The van der Waals surface area contributed by atoms with E-state index in [2.05, 4.69) is 87.7 Å². The number of H-pyrrole nitrogens is 3. The van der Waals surface area contributed by atoms with Crippen LogP contribution in [0.3, 0.4) is 0 Å². The molecule has 3 amide bonds. The van der Waals surface area contributed by atoms with Crippen molar-refractivity contribution in [3.8, 4) is 5.75 Å². The number of aromatic amines is 3. The maximum atomic E-state index is 13.3. The molecule has 0 bridgehead atoms. The number of hydrogen-bond acceptors (Lipinski definition) is 17. The predicted octanol–water partition coefficient (Wildman–Crippen LogP) is 18.8. The SMILES string of the molecule is O=C(Nc1ccc(Cl)cc1)c1cccc(Nc2ncnc3[nH]cc(C(=O)c4ccccc4)c23)c1.O=C(Nc1cccc(OCc2ccccc2)c1)c1cccc(Nc2ncnc3[nH]cc(C(=O)c4ccccc4)c23)c1.O=C(Nc1ccccc1N1CCCCC1)c1cccc(Nc2ncnc3[nH]cc(C(=O)c4ccccc4)c23)c1. The van der Waals surface area contributed by atoms with Gasteiger partial charge in [-0.05, 0) is 128 Å². The van der Waals surface area contributed by atoms with Gasteiger partial charge in [0.05, 0.1) is 44.2 Å². The predicted molar refractivity (Wildman–Crippen MR) is 445 cm³/mol. The van der Waals surface area contributed by atoms with Gasteiger partial charge in [0.15, 0.2) is 17.3 Å². The number of piperidine rings is 1. The van der Waals surface area contributed by atoms with Crippen LogP contribution in [0.25, 0.3) is 33.1 Å². The Morgan fingerprint density at radius 3 is 1.18 bits per heavy atom. The van der Waals surface area contributed by atoms with E-state index in [9.17, 15) is 28.8 Å². The van der Waals surface area contributed by atoms with Crippen molar-refractivity contribution < 1.29 is 33.5 Å². The van der Waals surface area contributed by atoms with Gasteiger partial charge in [-0.1, -0.05) is 169 Å². The maximum Gasteiger partial charge on any atom is 0.255 e. The second-order valence-electron chi connectivity index (χ2n) is 26.4. The van der Waals surface area contributed by atoms with E-state index in [0.717, 1.165) is 42.9 Å². The van der Waals surface area contributed by atoms with Gasteiger partial charge < -0.3 is 56.5 Å². The Kier molecular flexibility index (Phi) is 22.8. The first-order chi connectivity index (χ1) is 55.9. The molecule has 0 aliphatic carbocycles. The molecule has 16 aromatic rings. The highest BCUT2D eigenvalue weighted by Crippen LogP contribution is 2.34. The second kappa shape index (κ2) is 35.0. The summed E-state index contributed by atoms with van der Waals surface area (Å²) in [6, 6.07) is 80.5. The fraction of sp³-hybridized carbons (Fsp3) is 0.0667. The van der Waals surface area contributed by atoms with Crippen molar-refractivity contribution in [3.63, 3.8) is 0 Å². The summed E-state index contributed by atoms with van der Waals surface area (Å²) in [6.45, 7) is 2.42. The number of ketones is 3. The van der Waals surface area contributed by atoms with E-state index in [1.807, 2.05) is 146 Å². The summed E-state index contributed by atoms with van der Waals surface area (Å²) in [4.78, 5) is 116. The summed E-state index contributed by atoms with van der Waals surface area (Å²) in [7, 11) is 0. The van der Waals surface area contributed by atoms with Crippen molar-refractivity contribution in [2.75, 3.05) is 49.9 Å². The van der Waals surface area contributed by atoms with Crippen LogP contribution in [0.2, 0.25) is 5.02 Å². The van der Waals surface area contributed by atoms with Gasteiger partial charge in [-0.3, -0.25) is 28.8 Å². The third-order valence-electron chi connectivity index (χ3n) is 18.7. The van der Waals surface area contributed by atoms with Crippen LogP contribution in [0, 0.1) is 0 Å². The van der Waals surface area contributed by atoms with Gasteiger partial charge in [0.25, 0.3) is 17.7 Å². The minimum atomic E-state index is -0.275. The number of hydrogen-bond donors (Lipinski definition) is 9. The standard InChI is InChI=1S/C33H25N5O3.C31H28N6O2.C26H18ClN5O2/c39-30(23-11-5-2-6-12-23)28-19-34-31-29(28)32(36-21-35-31)37-25-14-7-13-24(17-25)33(40)38-26-15-8-16-27(18-26)41-20-22-9-3-1-4-10-22;38-28(21-10-3-1-4-11-21)24-19-32-29-27(24)30(34-20-33-29)35-23-13-9-12-22(18-23)31(39)36-25-14-5-6-15-26(25)37-16-7-2-8-17-37;27-18-9-11-19(12-10-18)32-26(34)17-7-4-8-20(13-17)31-25-22-21(14-28-24(22)29-15-30-25)23(33)16-5-2-1-3-6-16/h1-19,21H,20H2,(H,38,40)(H2,34,35,36,37);1,3-6,9-15,18-20H,2,7-8,16-17H2,(H,36,39)(H2,32,33,34,35);1-15H,(H,32,34)(H2,28,29,30,31). The van der Waals surface area contributed by atoms with E-state index in [4.69, 9.17) is 16.3 Å². The molecule has 17 rings (SSSR count). The lowest BCUT2D eigenvalue weighted by Gasteiger charge is -2.30. The Balaban J connectivity index is 0.000000135. The number of aromatic nitrogens is 9. The summed E-state index contributed by atoms with van der Waals surface area (Å²) >= 11 is 5.91. The average Bonchev–Trinajstić information content (AvgIpc) is 1.63. The van der Waals surface area contributed by atoms with Gasteiger partial charge in [-0.15, -0.1) is 0 Å². The Morgan fingerprint density at radius 1 is 0.360 bits per heavy atom. The van der Waals surface area contributed by atoms with E-state index in [1.165, 1.54) is 25.4 Å². The van der Waals surface area contributed by atoms with Gasteiger partial charge in [-0.25, -0.2) is 29.9 Å². The Labute approximate surface area is 658 Å². The number of para-hydroxylation sites is 2. The van der Waals surface area contributed by atoms with E-state index < -0.39 is 0 Å². The van der Waals surface area contributed by atoms with Crippen LogP contribution in [0.5, 0.6) is 5.75 Å². The zero-order chi connectivity index (χ0) is 78.1. The van der Waals surface area contributed by atoms with Gasteiger partial charge in [-0.2, -0.15) is 0 Å². The molecule has 10 aromatic carbocycles. The lowest BCUT2D eigenvalue weighted by Crippen LogP contribution is -2.30.